The third-order valence-corrected chi connectivity index (χ3v) is 4.65. The second-order valence-electron chi connectivity index (χ2n) is 7.33. The van der Waals surface area contributed by atoms with Crippen molar-refractivity contribution in [3.63, 3.8) is 0 Å². The molecule has 3 rings (SSSR count). The molecule has 1 amide bonds. The number of fused-ring (bicyclic) bond motifs is 1. The highest BCUT2D eigenvalue weighted by molar-refractivity contribution is 9.10. The third-order valence-electron chi connectivity index (χ3n) is 4.22. The molecule has 7 heteroatoms. The SMILES string of the molecule is CC(C)(C)OC(=O)N1CCC[C@H](n2ccc(=O)c3cc(Br)ncc32)C1. The van der Waals surface area contributed by atoms with Crippen LogP contribution in [0.4, 0.5) is 4.79 Å². The van der Waals surface area contributed by atoms with Crippen LogP contribution in [-0.2, 0) is 4.74 Å². The van der Waals surface area contributed by atoms with Crippen molar-refractivity contribution < 1.29 is 9.53 Å². The minimum Gasteiger partial charge on any atom is -0.444 e. The van der Waals surface area contributed by atoms with E-state index >= 15 is 0 Å². The van der Waals surface area contributed by atoms with Gasteiger partial charge in [0.15, 0.2) is 5.43 Å². The molecule has 0 N–H and O–H groups in total. The Morgan fingerprint density at radius 3 is 2.88 bits per heavy atom. The molecule has 1 aliphatic rings. The van der Waals surface area contributed by atoms with Gasteiger partial charge in [-0.2, -0.15) is 0 Å². The molecule has 1 atom stereocenters. The second kappa shape index (κ2) is 6.78. The fraction of sp³-hybridized carbons (Fsp3) is 0.500. The minimum absolute atomic E-state index is 0.0332. The van der Waals surface area contributed by atoms with Crippen molar-refractivity contribution in [2.24, 2.45) is 0 Å². The predicted molar refractivity (Wildman–Crippen MR) is 99.8 cm³/mol. The van der Waals surface area contributed by atoms with Crippen molar-refractivity contribution >= 4 is 32.9 Å². The molecular formula is C18H22BrN3O3. The summed E-state index contributed by atoms with van der Waals surface area (Å²) in [7, 11) is 0. The molecule has 0 aromatic carbocycles. The van der Waals surface area contributed by atoms with Gasteiger partial charge < -0.3 is 14.2 Å². The predicted octanol–water partition coefficient (Wildman–Crippen LogP) is 3.73. The number of nitrogens with zero attached hydrogens (tertiary/aromatic N) is 3. The second-order valence-corrected chi connectivity index (χ2v) is 8.15. The van der Waals surface area contributed by atoms with E-state index in [4.69, 9.17) is 4.74 Å². The number of ether oxygens (including phenoxy) is 1. The maximum Gasteiger partial charge on any atom is 0.410 e. The number of carbonyl (C=O) groups is 1. The molecule has 6 nitrogen and oxygen atoms in total. The van der Waals surface area contributed by atoms with E-state index in [0.717, 1.165) is 18.4 Å². The largest absolute Gasteiger partial charge is 0.444 e. The fourth-order valence-electron chi connectivity index (χ4n) is 3.14. The van der Waals surface area contributed by atoms with Gasteiger partial charge in [-0.1, -0.05) is 0 Å². The summed E-state index contributed by atoms with van der Waals surface area (Å²) in [5.74, 6) is 0. The molecule has 134 valence electrons. The van der Waals surface area contributed by atoms with Crippen LogP contribution in [0.2, 0.25) is 0 Å². The van der Waals surface area contributed by atoms with Crippen LogP contribution in [0, 0.1) is 0 Å². The van der Waals surface area contributed by atoms with Gasteiger partial charge in [-0.3, -0.25) is 4.79 Å². The maximum absolute atomic E-state index is 12.4. The lowest BCUT2D eigenvalue weighted by atomic mass is 10.0. The van der Waals surface area contributed by atoms with E-state index in [0.29, 0.717) is 23.1 Å². The van der Waals surface area contributed by atoms with Crippen LogP contribution in [0.3, 0.4) is 0 Å². The summed E-state index contributed by atoms with van der Waals surface area (Å²) in [5, 5.41) is 0.624. The molecule has 2 aromatic heterocycles. The van der Waals surface area contributed by atoms with Crippen LogP contribution in [0.5, 0.6) is 0 Å². The van der Waals surface area contributed by atoms with E-state index in [2.05, 4.69) is 20.9 Å². The summed E-state index contributed by atoms with van der Waals surface area (Å²) in [6.45, 7) is 6.84. The van der Waals surface area contributed by atoms with Gasteiger partial charge in [0.2, 0.25) is 0 Å². The molecule has 1 fully saturated rings. The Balaban J connectivity index is 1.89. The topological polar surface area (TPSA) is 64.4 Å². The fourth-order valence-corrected chi connectivity index (χ4v) is 3.47. The summed E-state index contributed by atoms with van der Waals surface area (Å²) < 4.78 is 8.17. The van der Waals surface area contributed by atoms with Gasteiger partial charge in [0.1, 0.15) is 10.2 Å². The van der Waals surface area contributed by atoms with Crippen LogP contribution >= 0.6 is 15.9 Å². The summed E-state index contributed by atoms with van der Waals surface area (Å²) in [4.78, 5) is 30.5. The summed E-state index contributed by atoms with van der Waals surface area (Å²) in [6, 6.07) is 3.40. The van der Waals surface area contributed by atoms with Gasteiger partial charge in [-0.15, -0.1) is 0 Å². The highest BCUT2D eigenvalue weighted by Gasteiger charge is 2.28. The molecule has 0 radical (unpaired) electrons. The lowest BCUT2D eigenvalue weighted by Crippen LogP contribution is -2.43. The quantitative estimate of drug-likeness (QED) is 0.675. The molecule has 1 saturated heterocycles. The molecule has 0 saturated carbocycles. The van der Waals surface area contributed by atoms with Crippen molar-refractivity contribution in [3.8, 4) is 0 Å². The number of rotatable bonds is 1. The smallest absolute Gasteiger partial charge is 0.410 e. The number of hydrogen-bond acceptors (Lipinski definition) is 4. The van der Waals surface area contributed by atoms with Gasteiger partial charge in [0.05, 0.1) is 17.8 Å². The first-order valence-electron chi connectivity index (χ1n) is 8.39. The van der Waals surface area contributed by atoms with Crippen LogP contribution in [0.1, 0.15) is 39.7 Å². The minimum atomic E-state index is -0.510. The molecule has 0 spiro atoms. The first kappa shape index (κ1) is 17.9. The van der Waals surface area contributed by atoms with Gasteiger partial charge in [0, 0.05) is 30.7 Å². The average molecular weight is 408 g/mol. The molecular weight excluding hydrogens is 386 g/mol. The number of amides is 1. The molecule has 1 aliphatic heterocycles. The van der Waals surface area contributed by atoms with E-state index in [1.54, 1.807) is 29.4 Å². The van der Waals surface area contributed by atoms with Crippen LogP contribution in [-0.4, -0.2) is 39.2 Å². The number of carbonyl (C=O) groups excluding carboxylic acids is 1. The molecule has 0 unspecified atom stereocenters. The van der Waals surface area contributed by atoms with Crippen LogP contribution in [0.25, 0.3) is 10.9 Å². The number of hydrogen-bond donors (Lipinski definition) is 0. The van der Waals surface area contributed by atoms with Crippen molar-refractivity contribution in [3.05, 3.63) is 39.4 Å². The van der Waals surface area contributed by atoms with Gasteiger partial charge in [0.25, 0.3) is 0 Å². The Morgan fingerprint density at radius 1 is 1.40 bits per heavy atom. The van der Waals surface area contributed by atoms with Crippen molar-refractivity contribution in [2.75, 3.05) is 13.1 Å². The zero-order chi connectivity index (χ0) is 18.2. The Bertz CT molecular complexity index is 857. The lowest BCUT2D eigenvalue weighted by Gasteiger charge is -2.35. The molecule has 25 heavy (non-hydrogen) atoms. The van der Waals surface area contributed by atoms with E-state index in [9.17, 15) is 9.59 Å². The highest BCUT2D eigenvalue weighted by atomic mass is 79.9. The van der Waals surface area contributed by atoms with Crippen molar-refractivity contribution in [1.82, 2.24) is 14.5 Å². The summed E-state index contributed by atoms with van der Waals surface area (Å²) in [6.07, 6.45) is 5.04. The van der Waals surface area contributed by atoms with Gasteiger partial charge >= 0.3 is 6.09 Å². The average Bonchev–Trinajstić information content (AvgIpc) is 2.54. The number of halogens is 1. The van der Waals surface area contributed by atoms with Crippen molar-refractivity contribution in [2.45, 2.75) is 45.3 Å². The first-order chi connectivity index (χ1) is 11.7. The monoisotopic (exact) mass is 407 g/mol. The lowest BCUT2D eigenvalue weighted by molar-refractivity contribution is 0.0174. The van der Waals surface area contributed by atoms with E-state index in [-0.39, 0.29) is 17.6 Å². The molecule has 0 aliphatic carbocycles. The van der Waals surface area contributed by atoms with Crippen LogP contribution < -0.4 is 5.43 Å². The number of likely N-dealkylation sites (tertiary alicyclic amines) is 1. The number of piperidine rings is 1. The maximum atomic E-state index is 12.4. The highest BCUT2D eigenvalue weighted by Crippen LogP contribution is 2.26. The van der Waals surface area contributed by atoms with E-state index in [1.165, 1.54) is 0 Å². The Kier molecular flexibility index (Phi) is 4.86. The normalized spacial score (nSPS) is 18.4. The standard InChI is InChI=1S/C18H22BrN3O3/c1-18(2,3)25-17(24)21-7-4-5-12(11-21)22-8-6-15(23)13-9-16(19)20-10-14(13)22/h6,8-10,12H,4-5,7,11H2,1-3H3/t12-/m0/s1. The number of aromatic nitrogens is 2. The Morgan fingerprint density at radius 2 is 2.16 bits per heavy atom. The zero-order valence-electron chi connectivity index (χ0n) is 14.7. The van der Waals surface area contributed by atoms with E-state index in [1.807, 2.05) is 25.3 Å². The summed E-state index contributed by atoms with van der Waals surface area (Å²) in [5.41, 5.74) is 0.241. The van der Waals surface area contributed by atoms with Gasteiger partial charge in [-0.25, -0.2) is 9.78 Å². The molecule has 0 bridgehead atoms. The summed E-state index contributed by atoms with van der Waals surface area (Å²) >= 11 is 3.31. The van der Waals surface area contributed by atoms with Crippen molar-refractivity contribution in [1.29, 1.82) is 0 Å². The zero-order valence-corrected chi connectivity index (χ0v) is 16.2. The van der Waals surface area contributed by atoms with E-state index < -0.39 is 5.60 Å². The number of pyridine rings is 2. The van der Waals surface area contributed by atoms with Gasteiger partial charge in [-0.05, 0) is 55.6 Å². The third kappa shape index (κ3) is 4.03. The molecule has 3 heterocycles. The Hall–Kier alpha value is -1.89. The first-order valence-corrected chi connectivity index (χ1v) is 9.18. The Labute approximate surface area is 154 Å². The molecule has 2 aromatic rings. The van der Waals surface area contributed by atoms with Crippen LogP contribution in [0.15, 0.2) is 33.9 Å².